The van der Waals surface area contributed by atoms with Crippen LogP contribution in [-0.2, 0) is 0 Å². The van der Waals surface area contributed by atoms with Crippen molar-refractivity contribution >= 4 is 0 Å². The maximum absolute atomic E-state index is 9.54. The van der Waals surface area contributed by atoms with Crippen molar-refractivity contribution in [3.05, 3.63) is 23.8 Å². The largest absolute Gasteiger partial charge is 0.504 e. The molecule has 15 heavy (non-hydrogen) atoms. The van der Waals surface area contributed by atoms with E-state index in [1.54, 1.807) is 6.07 Å². The smallest absolute Gasteiger partial charge is 0.161 e. The Labute approximate surface area is 89.9 Å². The highest BCUT2D eigenvalue weighted by Gasteiger charge is 2.37. The van der Waals surface area contributed by atoms with Gasteiger partial charge in [-0.25, -0.2) is 0 Å². The van der Waals surface area contributed by atoms with E-state index in [0.717, 1.165) is 13.0 Å². The van der Waals surface area contributed by atoms with Crippen LogP contribution in [0.4, 0.5) is 0 Å². The lowest BCUT2D eigenvalue weighted by Crippen LogP contribution is -2.02. The molecule has 0 saturated heterocycles. The third kappa shape index (κ3) is 2.07. The topological polar surface area (TPSA) is 55.5 Å². The number of rotatable bonds is 4. The number of hydrogen-bond acceptors (Lipinski definition) is 3. The second kappa shape index (κ2) is 4.11. The van der Waals surface area contributed by atoms with Crippen molar-refractivity contribution in [3.8, 4) is 11.5 Å². The molecule has 1 aromatic rings. The fourth-order valence-corrected chi connectivity index (χ4v) is 1.95. The van der Waals surface area contributed by atoms with Gasteiger partial charge in [0.1, 0.15) is 0 Å². The molecule has 0 heterocycles. The molecule has 0 bridgehead atoms. The first-order valence-electron chi connectivity index (χ1n) is 5.42. The Kier molecular flexibility index (Phi) is 2.82. The second-order valence-electron chi connectivity index (χ2n) is 4.00. The predicted molar refractivity (Wildman–Crippen MR) is 59.2 cm³/mol. The highest BCUT2D eigenvalue weighted by molar-refractivity contribution is 5.44. The summed E-state index contributed by atoms with van der Waals surface area (Å²) in [5, 5.41) is 9.54. The molecule has 1 fully saturated rings. The monoisotopic (exact) mass is 207 g/mol. The number of phenolic OH excluding ortho intramolecular Hbond substituents is 1. The molecule has 1 aliphatic carbocycles. The quantitative estimate of drug-likeness (QED) is 0.792. The van der Waals surface area contributed by atoms with Crippen LogP contribution in [-0.4, -0.2) is 18.3 Å². The van der Waals surface area contributed by atoms with Gasteiger partial charge in [-0.15, -0.1) is 0 Å². The van der Waals surface area contributed by atoms with Gasteiger partial charge in [0.25, 0.3) is 0 Å². The Hall–Kier alpha value is -1.22. The van der Waals surface area contributed by atoms with Gasteiger partial charge in [-0.05, 0) is 49.4 Å². The maximum atomic E-state index is 9.54. The Morgan fingerprint density at radius 2 is 2.33 bits per heavy atom. The summed E-state index contributed by atoms with van der Waals surface area (Å²) in [6.07, 6.45) is 1.16. The zero-order chi connectivity index (χ0) is 10.8. The first-order valence-corrected chi connectivity index (χ1v) is 5.42. The normalized spacial score (nSPS) is 23.9. The zero-order valence-electron chi connectivity index (χ0n) is 8.94. The lowest BCUT2D eigenvalue weighted by Gasteiger charge is -2.07. The summed E-state index contributed by atoms with van der Waals surface area (Å²) >= 11 is 0. The third-order valence-corrected chi connectivity index (χ3v) is 2.94. The first kappa shape index (κ1) is 10.3. The average molecular weight is 207 g/mol. The van der Waals surface area contributed by atoms with E-state index in [-0.39, 0.29) is 5.75 Å². The highest BCUT2D eigenvalue weighted by atomic mass is 16.5. The summed E-state index contributed by atoms with van der Waals surface area (Å²) in [7, 11) is 0. The van der Waals surface area contributed by atoms with E-state index in [0.29, 0.717) is 24.2 Å². The molecular formula is C12H17NO2. The molecule has 0 aromatic heterocycles. The molecule has 0 amide bonds. The van der Waals surface area contributed by atoms with Gasteiger partial charge in [-0.1, -0.05) is 6.07 Å². The predicted octanol–water partition coefficient (Wildman–Crippen LogP) is 1.85. The summed E-state index contributed by atoms with van der Waals surface area (Å²) < 4.78 is 5.34. The summed E-state index contributed by atoms with van der Waals surface area (Å²) in [5.41, 5.74) is 6.84. The van der Waals surface area contributed by atoms with Crippen LogP contribution in [0.15, 0.2) is 18.2 Å². The summed E-state index contributed by atoms with van der Waals surface area (Å²) in [4.78, 5) is 0. The molecule has 2 unspecified atom stereocenters. The van der Waals surface area contributed by atoms with Crippen LogP contribution in [0, 0.1) is 5.92 Å². The van der Waals surface area contributed by atoms with Crippen LogP contribution < -0.4 is 10.5 Å². The molecule has 2 rings (SSSR count). The van der Waals surface area contributed by atoms with Crippen LogP contribution in [0.25, 0.3) is 0 Å². The highest BCUT2D eigenvalue weighted by Crippen LogP contribution is 2.48. The number of aromatic hydroxyl groups is 1. The second-order valence-corrected chi connectivity index (χ2v) is 4.00. The van der Waals surface area contributed by atoms with Gasteiger partial charge >= 0.3 is 0 Å². The summed E-state index contributed by atoms with van der Waals surface area (Å²) in [5.74, 6) is 1.97. The van der Waals surface area contributed by atoms with Crippen LogP contribution in [0.1, 0.15) is 24.8 Å². The van der Waals surface area contributed by atoms with Crippen LogP contribution >= 0.6 is 0 Å². The van der Waals surface area contributed by atoms with Gasteiger partial charge in [-0.3, -0.25) is 0 Å². The number of hydrogen-bond donors (Lipinski definition) is 2. The average Bonchev–Trinajstić information content (AvgIpc) is 3.01. The van der Waals surface area contributed by atoms with Gasteiger partial charge in [0.2, 0.25) is 0 Å². The molecule has 0 radical (unpaired) electrons. The van der Waals surface area contributed by atoms with Crippen molar-refractivity contribution in [2.24, 2.45) is 11.7 Å². The summed E-state index contributed by atoms with van der Waals surface area (Å²) in [6.45, 7) is 3.23. The van der Waals surface area contributed by atoms with Crippen molar-refractivity contribution in [1.82, 2.24) is 0 Å². The van der Waals surface area contributed by atoms with Crippen LogP contribution in [0.2, 0.25) is 0 Å². The van der Waals surface area contributed by atoms with E-state index in [9.17, 15) is 5.11 Å². The molecule has 0 aliphatic heterocycles. The van der Waals surface area contributed by atoms with Gasteiger partial charge in [0, 0.05) is 0 Å². The maximum Gasteiger partial charge on any atom is 0.161 e. The van der Waals surface area contributed by atoms with E-state index in [4.69, 9.17) is 10.5 Å². The lowest BCUT2D eigenvalue weighted by molar-refractivity contribution is 0.317. The van der Waals surface area contributed by atoms with E-state index in [2.05, 4.69) is 0 Å². The number of benzene rings is 1. The molecule has 2 atom stereocenters. The van der Waals surface area contributed by atoms with Crippen LogP contribution in [0.5, 0.6) is 11.5 Å². The van der Waals surface area contributed by atoms with Gasteiger partial charge in [0.05, 0.1) is 6.61 Å². The Balaban J connectivity index is 2.16. The third-order valence-electron chi connectivity index (χ3n) is 2.94. The molecule has 0 spiro atoms. The fourth-order valence-electron chi connectivity index (χ4n) is 1.95. The minimum Gasteiger partial charge on any atom is -0.504 e. The molecule has 82 valence electrons. The SMILES string of the molecule is CCOc1cc(C2CC2CN)ccc1O. The van der Waals surface area contributed by atoms with Crippen molar-refractivity contribution in [3.63, 3.8) is 0 Å². The fraction of sp³-hybridized carbons (Fsp3) is 0.500. The van der Waals surface area contributed by atoms with Crippen molar-refractivity contribution in [2.45, 2.75) is 19.3 Å². The number of phenols is 1. The Morgan fingerprint density at radius 1 is 1.53 bits per heavy atom. The van der Waals surface area contributed by atoms with Gasteiger partial charge in [-0.2, -0.15) is 0 Å². The molecule has 3 N–H and O–H groups in total. The number of ether oxygens (including phenoxy) is 1. The van der Waals surface area contributed by atoms with Gasteiger partial charge < -0.3 is 15.6 Å². The minimum absolute atomic E-state index is 0.213. The zero-order valence-corrected chi connectivity index (χ0v) is 8.94. The lowest BCUT2D eigenvalue weighted by atomic mass is 10.1. The first-order chi connectivity index (χ1) is 7.26. The Morgan fingerprint density at radius 3 is 2.93 bits per heavy atom. The van der Waals surface area contributed by atoms with Crippen LogP contribution in [0.3, 0.4) is 0 Å². The summed E-state index contributed by atoms with van der Waals surface area (Å²) in [6, 6.07) is 5.59. The molecule has 1 aliphatic rings. The molecule has 1 saturated carbocycles. The number of nitrogens with two attached hydrogens (primary N) is 1. The van der Waals surface area contributed by atoms with E-state index < -0.39 is 0 Å². The van der Waals surface area contributed by atoms with Crippen molar-refractivity contribution in [1.29, 1.82) is 0 Å². The Bertz CT molecular complexity index is 351. The molecular weight excluding hydrogens is 190 g/mol. The standard InChI is InChI=1S/C12H17NO2/c1-2-15-12-6-8(3-4-11(12)14)10-5-9(10)7-13/h3-4,6,9-10,14H,2,5,7,13H2,1H3. The van der Waals surface area contributed by atoms with Crippen molar-refractivity contribution < 1.29 is 9.84 Å². The van der Waals surface area contributed by atoms with Gasteiger partial charge in [0.15, 0.2) is 11.5 Å². The molecule has 3 heteroatoms. The van der Waals surface area contributed by atoms with Crippen molar-refractivity contribution in [2.75, 3.05) is 13.2 Å². The molecule has 1 aromatic carbocycles. The van der Waals surface area contributed by atoms with E-state index in [1.807, 2.05) is 19.1 Å². The van der Waals surface area contributed by atoms with E-state index >= 15 is 0 Å². The minimum atomic E-state index is 0.213. The van der Waals surface area contributed by atoms with E-state index in [1.165, 1.54) is 5.56 Å². The molecule has 3 nitrogen and oxygen atoms in total.